The van der Waals surface area contributed by atoms with Crippen molar-refractivity contribution in [1.82, 2.24) is 0 Å². The smallest absolute Gasteiger partial charge is 0.0640 e. The molecule has 1 aliphatic rings. The van der Waals surface area contributed by atoms with E-state index < -0.39 is 0 Å². The number of rotatable bonds is 2. The third-order valence-corrected chi connectivity index (χ3v) is 3.10. The first-order valence-corrected chi connectivity index (χ1v) is 6.53. The number of hydrogen-bond donors (Lipinski definition) is 0. The normalized spacial score (nSPS) is 24.5. The van der Waals surface area contributed by atoms with Crippen LogP contribution >= 0.6 is 0 Å². The second-order valence-electron chi connectivity index (χ2n) is 6.50. The van der Waals surface area contributed by atoms with E-state index in [1.54, 1.807) is 0 Å². The maximum atomic E-state index is 6.12. The Hall–Kier alpha value is -0.630. The van der Waals surface area contributed by atoms with Gasteiger partial charge in [-0.15, -0.1) is 0 Å². The molecule has 0 aromatic heterocycles. The largest absolute Gasteiger partial charge is 0.370 e. The SMILES string of the molecule is C/C=C(\N=C(C)C)C1CC(C)(C)OC(C)(C)C1. The lowest BCUT2D eigenvalue weighted by Gasteiger charge is -2.45. The van der Waals surface area contributed by atoms with Gasteiger partial charge in [0.05, 0.1) is 11.2 Å². The Balaban J connectivity index is 2.94. The maximum Gasteiger partial charge on any atom is 0.0640 e. The molecule has 0 bridgehead atoms. The molecule has 0 aliphatic carbocycles. The van der Waals surface area contributed by atoms with E-state index >= 15 is 0 Å². The van der Waals surface area contributed by atoms with Gasteiger partial charge in [-0.2, -0.15) is 0 Å². The summed E-state index contributed by atoms with van der Waals surface area (Å²) < 4.78 is 6.12. The van der Waals surface area contributed by atoms with E-state index in [2.05, 4.69) is 59.5 Å². The van der Waals surface area contributed by atoms with Crippen LogP contribution in [0, 0.1) is 5.92 Å². The molecular formula is C15H27NO. The number of nitrogens with zero attached hydrogens (tertiary/aromatic N) is 1. The third kappa shape index (κ3) is 4.27. The molecule has 1 aliphatic heterocycles. The van der Waals surface area contributed by atoms with Crippen LogP contribution in [0.5, 0.6) is 0 Å². The zero-order valence-electron chi connectivity index (χ0n) is 12.4. The van der Waals surface area contributed by atoms with E-state index in [1.165, 1.54) is 5.70 Å². The van der Waals surface area contributed by atoms with Gasteiger partial charge in [0.2, 0.25) is 0 Å². The summed E-state index contributed by atoms with van der Waals surface area (Å²) in [6.07, 6.45) is 4.24. The van der Waals surface area contributed by atoms with Crippen LogP contribution in [0.15, 0.2) is 16.8 Å². The van der Waals surface area contributed by atoms with Gasteiger partial charge in [-0.05, 0) is 61.3 Å². The summed E-state index contributed by atoms with van der Waals surface area (Å²) in [7, 11) is 0. The predicted octanol–water partition coefficient (Wildman–Crippen LogP) is 4.35. The third-order valence-electron chi connectivity index (χ3n) is 3.10. The van der Waals surface area contributed by atoms with Crippen molar-refractivity contribution in [2.24, 2.45) is 10.9 Å². The summed E-state index contributed by atoms with van der Waals surface area (Å²) in [5.74, 6) is 0.508. The van der Waals surface area contributed by atoms with Crippen LogP contribution in [0.25, 0.3) is 0 Å². The van der Waals surface area contributed by atoms with E-state index in [9.17, 15) is 0 Å². The number of ether oxygens (including phenoxy) is 1. The molecule has 2 heteroatoms. The highest BCUT2D eigenvalue weighted by atomic mass is 16.5. The van der Waals surface area contributed by atoms with Crippen molar-refractivity contribution in [3.8, 4) is 0 Å². The highest BCUT2D eigenvalue weighted by Gasteiger charge is 2.40. The fourth-order valence-electron chi connectivity index (χ4n) is 2.95. The summed E-state index contributed by atoms with van der Waals surface area (Å²) in [5, 5.41) is 0. The van der Waals surface area contributed by atoms with Crippen molar-refractivity contribution >= 4 is 5.71 Å². The Kier molecular flexibility index (Phi) is 4.19. The molecule has 0 atom stereocenters. The highest BCUT2D eigenvalue weighted by molar-refractivity contribution is 5.80. The summed E-state index contributed by atoms with van der Waals surface area (Å²) in [6, 6.07) is 0. The molecule has 17 heavy (non-hydrogen) atoms. The van der Waals surface area contributed by atoms with Gasteiger partial charge < -0.3 is 4.74 Å². The van der Waals surface area contributed by atoms with Crippen LogP contribution in [0.3, 0.4) is 0 Å². The molecule has 1 saturated heterocycles. The molecule has 1 heterocycles. The van der Waals surface area contributed by atoms with E-state index in [-0.39, 0.29) is 11.2 Å². The molecule has 0 aromatic carbocycles. The first-order chi connectivity index (χ1) is 7.65. The number of aliphatic imine (C=N–C) groups is 1. The summed E-state index contributed by atoms with van der Waals surface area (Å²) in [4.78, 5) is 4.67. The van der Waals surface area contributed by atoms with Crippen LogP contribution in [-0.2, 0) is 4.74 Å². The zero-order valence-corrected chi connectivity index (χ0v) is 12.4. The van der Waals surface area contributed by atoms with Gasteiger partial charge in [0.25, 0.3) is 0 Å². The van der Waals surface area contributed by atoms with Crippen LogP contribution < -0.4 is 0 Å². The Labute approximate surface area is 106 Å². The topological polar surface area (TPSA) is 21.6 Å². The molecule has 0 amide bonds. The molecule has 0 N–H and O–H groups in total. The van der Waals surface area contributed by atoms with Crippen molar-refractivity contribution in [2.45, 2.75) is 72.5 Å². The average Bonchev–Trinajstić information content (AvgIpc) is 2.08. The Bertz CT molecular complexity index is 317. The molecular weight excluding hydrogens is 210 g/mol. The fourth-order valence-corrected chi connectivity index (χ4v) is 2.95. The fraction of sp³-hybridized carbons (Fsp3) is 0.800. The van der Waals surface area contributed by atoms with Crippen molar-refractivity contribution in [2.75, 3.05) is 0 Å². The van der Waals surface area contributed by atoms with Gasteiger partial charge in [0.1, 0.15) is 0 Å². The molecule has 1 fully saturated rings. The summed E-state index contributed by atoms with van der Waals surface area (Å²) in [6.45, 7) is 14.9. The summed E-state index contributed by atoms with van der Waals surface area (Å²) >= 11 is 0. The van der Waals surface area contributed by atoms with Crippen molar-refractivity contribution in [3.63, 3.8) is 0 Å². The zero-order chi connectivity index (χ0) is 13.3. The Morgan fingerprint density at radius 1 is 1.12 bits per heavy atom. The van der Waals surface area contributed by atoms with Crippen LogP contribution in [0.4, 0.5) is 0 Å². The molecule has 2 nitrogen and oxygen atoms in total. The van der Waals surface area contributed by atoms with Gasteiger partial charge in [-0.3, -0.25) is 4.99 Å². The minimum atomic E-state index is -0.0577. The first-order valence-electron chi connectivity index (χ1n) is 6.53. The number of hydrogen-bond acceptors (Lipinski definition) is 2. The maximum absolute atomic E-state index is 6.12. The minimum Gasteiger partial charge on any atom is -0.370 e. The molecule has 0 spiro atoms. The number of allylic oxidation sites excluding steroid dienone is 2. The van der Waals surface area contributed by atoms with Gasteiger partial charge in [0.15, 0.2) is 0 Å². The lowest BCUT2D eigenvalue weighted by Crippen LogP contribution is -2.45. The summed E-state index contributed by atoms with van der Waals surface area (Å²) in [5.41, 5.74) is 2.23. The monoisotopic (exact) mass is 237 g/mol. The second kappa shape index (κ2) is 4.93. The molecule has 1 rings (SSSR count). The minimum absolute atomic E-state index is 0.0577. The van der Waals surface area contributed by atoms with Crippen molar-refractivity contribution in [1.29, 1.82) is 0 Å². The van der Waals surface area contributed by atoms with E-state index in [0.29, 0.717) is 5.92 Å². The molecule has 98 valence electrons. The molecule has 0 aromatic rings. The predicted molar refractivity (Wildman–Crippen MR) is 74.5 cm³/mol. The Morgan fingerprint density at radius 3 is 1.94 bits per heavy atom. The standard InChI is InChI=1S/C15H27NO/c1-8-13(16-11(2)3)12-9-14(4,5)17-15(6,7)10-12/h8,12H,9-10H2,1-7H3/b13-8-. The van der Waals surface area contributed by atoms with Crippen LogP contribution in [0.1, 0.15) is 61.3 Å². The van der Waals surface area contributed by atoms with E-state index in [1.807, 2.05) is 0 Å². The van der Waals surface area contributed by atoms with Crippen molar-refractivity contribution < 1.29 is 4.74 Å². The molecule has 0 unspecified atom stereocenters. The molecule has 0 radical (unpaired) electrons. The van der Waals surface area contributed by atoms with Gasteiger partial charge >= 0.3 is 0 Å². The average molecular weight is 237 g/mol. The highest BCUT2D eigenvalue weighted by Crippen LogP contribution is 2.41. The lowest BCUT2D eigenvalue weighted by atomic mass is 9.79. The lowest BCUT2D eigenvalue weighted by molar-refractivity contribution is -0.167. The molecule has 0 saturated carbocycles. The van der Waals surface area contributed by atoms with Crippen molar-refractivity contribution in [3.05, 3.63) is 11.8 Å². The Morgan fingerprint density at radius 2 is 1.59 bits per heavy atom. The van der Waals surface area contributed by atoms with Gasteiger partial charge in [0, 0.05) is 17.3 Å². The quantitative estimate of drug-likeness (QED) is 0.654. The van der Waals surface area contributed by atoms with Gasteiger partial charge in [-0.25, -0.2) is 0 Å². The van der Waals surface area contributed by atoms with Gasteiger partial charge in [-0.1, -0.05) is 6.08 Å². The van der Waals surface area contributed by atoms with E-state index in [4.69, 9.17) is 4.74 Å². The van der Waals surface area contributed by atoms with Crippen LogP contribution in [-0.4, -0.2) is 16.9 Å². The van der Waals surface area contributed by atoms with E-state index in [0.717, 1.165) is 18.6 Å². The second-order valence-corrected chi connectivity index (χ2v) is 6.50. The first kappa shape index (κ1) is 14.4. The van der Waals surface area contributed by atoms with Crippen LogP contribution in [0.2, 0.25) is 0 Å².